The highest BCUT2D eigenvalue weighted by Gasteiger charge is 2.49. The molecule has 1 aromatic rings. The Hall–Kier alpha value is -2.93. The predicted molar refractivity (Wildman–Crippen MR) is 100 cm³/mol. The minimum Gasteiger partial charge on any atom is -0.474 e. The number of esters is 1. The lowest BCUT2D eigenvalue weighted by Crippen LogP contribution is -2.41. The third-order valence-electron chi connectivity index (χ3n) is 3.65. The molecule has 32 heavy (non-hydrogen) atoms. The summed E-state index contributed by atoms with van der Waals surface area (Å²) in [5.41, 5.74) is -0.942. The average molecular weight is 504 g/mol. The zero-order valence-corrected chi connectivity index (χ0v) is 17.7. The number of nitrogens with zero attached hydrogens (tertiary/aromatic N) is 1. The van der Waals surface area contributed by atoms with E-state index < -0.39 is 54.1 Å². The summed E-state index contributed by atoms with van der Waals surface area (Å²) in [4.78, 5) is 38.1. The molecule has 1 aliphatic rings. The van der Waals surface area contributed by atoms with Crippen LogP contribution in [0.5, 0.6) is 5.75 Å². The number of alkyl halides is 3. The lowest BCUT2D eigenvalue weighted by atomic mass is 10.0. The summed E-state index contributed by atoms with van der Waals surface area (Å²) in [7, 11) is 0. The molecule has 0 saturated carbocycles. The van der Waals surface area contributed by atoms with Crippen molar-refractivity contribution in [3.05, 3.63) is 43.4 Å². The first-order chi connectivity index (χ1) is 14.8. The summed E-state index contributed by atoms with van der Waals surface area (Å²) in [6.07, 6.45) is -11.1. The molecule has 1 aliphatic heterocycles. The summed E-state index contributed by atoms with van der Waals surface area (Å²) in [5.74, 6) is -1.83. The van der Waals surface area contributed by atoms with Crippen molar-refractivity contribution in [2.24, 2.45) is 0 Å². The fourth-order valence-corrected chi connectivity index (χ4v) is 2.97. The number of ether oxygens (including phenoxy) is 4. The Balaban J connectivity index is 2.11. The zero-order valence-electron chi connectivity index (χ0n) is 16.2. The number of carbonyl (C=O) groups excluding carboxylic acids is 2. The van der Waals surface area contributed by atoms with Crippen LogP contribution in [0.25, 0.3) is 6.08 Å². The Morgan fingerprint density at radius 3 is 2.47 bits per heavy atom. The molecule has 0 amide bonds. The largest absolute Gasteiger partial charge is 0.511 e. The van der Waals surface area contributed by atoms with Crippen LogP contribution in [-0.2, 0) is 23.8 Å². The van der Waals surface area contributed by atoms with Crippen LogP contribution in [0.3, 0.4) is 0 Å². The number of hydrogen-bond donors (Lipinski definition) is 0. The van der Waals surface area contributed by atoms with E-state index in [9.17, 15) is 32.9 Å². The normalized spacial score (nSPS) is 17.1. The predicted octanol–water partition coefficient (Wildman–Crippen LogP) is 4.34. The quantitative estimate of drug-likeness (QED) is 0.231. The van der Waals surface area contributed by atoms with Crippen molar-refractivity contribution in [3.63, 3.8) is 0 Å². The van der Waals surface area contributed by atoms with Crippen molar-refractivity contribution in [3.8, 4) is 5.75 Å². The molecule has 3 atom stereocenters. The summed E-state index contributed by atoms with van der Waals surface area (Å²) in [6, 6.07) is 2.40. The van der Waals surface area contributed by atoms with Crippen LogP contribution in [0.15, 0.2) is 17.7 Å². The van der Waals surface area contributed by atoms with E-state index in [4.69, 9.17) is 32.7 Å². The number of fused-ring (bicyclic) bond motifs is 1. The van der Waals surface area contributed by atoms with Crippen LogP contribution < -0.4 is 4.74 Å². The molecule has 0 aromatic heterocycles. The Bertz CT molecular complexity index is 939. The smallest absolute Gasteiger partial charge is 0.474 e. The molecule has 10 nitrogen and oxygen atoms in total. The number of rotatable bonds is 7. The van der Waals surface area contributed by atoms with Crippen LogP contribution in [-0.4, -0.2) is 48.5 Å². The molecule has 0 aliphatic carbocycles. The molecule has 0 bridgehead atoms. The Kier molecular flexibility index (Phi) is 8.02. The Morgan fingerprint density at radius 2 is 1.88 bits per heavy atom. The van der Waals surface area contributed by atoms with Crippen LogP contribution in [0.2, 0.25) is 10.0 Å². The van der Waals surface area contributed by atoms with Crippen molar-refractivity contribution < 1.29 is 51.6 Å². The number of benzene rings is 1. The van der Waals surface area contributed by atoms with E-state index in [-0.39, 0.29) is 21.4 Å². The van der Waals surface area contributed by atoms with Gasteiger partial charge in [-0.1, -0.05) is 23.2 Å². The van der Waals surface area contributed by atoms with E-state index in [0.29, 0.717) is 0 Å². The molecular weight excluding hydrogens is 490 g/mol. The summed E-state index contributed by atoms with van der Waals surface area (Å²) in [5, 5.41) is 8.88. The Labute approximate surface area is 187 Å². The number of carbonyl (C=O) groups is 2. The van der Waals surface area contributed by atoms with Gasteiger partial charge in [0, 0.05) is 17.5 Å². The maximum atomic E-state index is 13.5. The van der Waals surface area contributed by atoms with Gasteiger partial charge in [-0.15, -0.1) is 10.1 Å². The average Bonchev–Trinajstić information content (AvgIpc) is 2.64. The van der Waals surface area contributed by atoms with Crippen molar-refractivity contribution in [2.75, 3.05) is 6.61 Å². The van der Waals surface area contributed by atoms with E-state index in [1.807, 2.05) is 0 Å². The molecule has 2 unspecified atom stereocenters. The number of hydrogen-bond acceptors (Lipinski definition) is 9. The van der Waals surface area contributed by atoms with Gasteiger partial charge < -0.3 is 23.8 Å². The lowest BCUT2D eigenvalue weighted by Gasteiger charge is -2.29. The molecule has 1 heterocycles. The fraction of sp³-hybridized carbons (Fsp3) is 0.412. The van der Waals surface area contributed by atoms with E-state index in [1.165, 1.54) is 19.1 Å². The molecule has 0 radical (unpaired) electrons. The molecule has 0 N–H and O–H groups in total. The van der Waals surface area contributed by atoms with Gasteiger partial charge in [-0.05, 0) is 25.1 Å². The first-order valence-corrected chi connectivity index (χ1v) is 9.33. The first kappa shape index (κ1) is 25.3. The Morgan fingerprint density at radius 1 is 1.22 bits per heavy atom. The standard InChI is InChI=1S/C17H14Cl2F3NO9/c1-7(6-28-23(26)27)29-16(25)31-8(2)30-15(24)11-4-9-3-10(18)5-12(19)13(9)32-14(11)17(20,21)22/h3-5,7-8,14H,6H2,1-2H3/t7-,8?,14?/m0/s1. The van der Waals surface area contributed by atoms with E-state index in [0.717, 1.165) is 13.0 Å². The molecule has 0 saturated heterocycles. The van der Waals surface area contributed by atoms with Gasteiger partial charge in [0.2, 0.25) is 12.4 Å². The van der Waals surface area contributed by atoms with Crippen molar-refractivity contribution in [2.45, 2.75) is 38.5 Å². The second kappa shape index (κ2) is 10.1. The van der Waals surface area contributed by atoms with Gasteiger partial charge in [0.25, 0.3) is 5.09 Å². The van der Waals surface area contributed by atoms with Gasteiger partial charge in [0.15, 0.2) is 0 Å². The van der Waals surface area contributed by atoms with Crippen LogP contribution in [0.4, 0.5) is 18.0 Å². The molecule has 0 spiro atoms. The van der Waals surface area contributed by atoms with Gasteiger partial charge in [0.1, 0.15) is 18.5 Å². The van der Waals surface area contributed by atoms with Crippen LogP contribution in [0.1, 0.15) is 19.4 Å². The summed E-state index contributed by atoms with van der Waals surface area (Å²) in [6.45, 7) is 1.68. The van der Waals surface area contributed by atoms with Gasteiger partial charge >= 0.3 is 18.3 Å². The van der Waals surface area contributed by atoms with E-state index in [2.05, 4.69) is 14.3 Å². The second-order valence-electron chi connectivity index (χ2n) is 6.23. The monoisotopic (exact) mass is 503 g/mol. The lowest BCUT2D eigenvalue weighted by molar-refractivity contribution is -0.759. The van der Waals surface area contributed by atoms with Gasteiger partial charge in [0.05, 0.1) is 10.6 Å². The third kappa shape index (κ3) is 6.79. The van der Waals surface area contributed by atoms with Crippen molar-refractivity contribution >= 4 is 41.4 Å². The van der Waals surface area contributed by atoms with Crippen molar-refractivity contribution in [1.82, 2.24) is 0 Å². The van der Waals surface area contributed by atoms with Gasteiger partial charge in [-0.3, -0.25) is 0 Å². The second-order valence-corrected chi connectivity index (χ2v) is 7.08. The number of halogens is 5. The molecule has 1 aromatic carbocycles. The van der Waals surface area contributed by atoms with Gasteiger partial charge in [-0.2, -0.15) is 13.2 Å². The molecule has 15 heteroatoms. The fourth-order valence-electron chi connectivity index (χ4n) is 2.42. The van der Waals surface area contributed by atoms with Crippen LogP contribution >= 0.6 is 23.2 Å². The van der Waals surface area contributed by atoms with E-state index >= 15 is 0 Å². The highest BCUT2D eigenvalue weighted by atomic mass is 35.5. The molecule has 0 fully saturated rings. The first-order valence-electron chi connectivity index (χ1n) is 8.57. The highest BCUT2D eigenvalue weighted by Crippen LogP contribution is 2.42. The molecular formula is C17H14Cl2F3NO9. The third-order valence-corrected chi connectivity index (χ3v) is 4.15. The van der Waals surface area contributed by atoms with Crippen molar-refractivity contribution in [1.29, 1.82) is 0 Å². The highest BCUT2D eigenvalue weighted by molar-refractivity contribution is 6.36. The molecule has 2 rings (SSSR count). The summed E-state index contributed by atoms with van der Waals surface area (Å²) < 4.78 is 59.2. The summed E-state index contributed by atoms with van der Waals surface area (Å²) >= 11 is 11.7. The minimum atomic E-state index is -5.01. The maximum absolute atomic E-state index is 13.5. The minimum absolute atomic E-state index is 0.00236. The van der Waals surface area contributed by atoms with E-state index in [1.54, 1.807) is 0 Å². The maximum Gasteiger partial charge on any atom is 0.511 e. The SMILES string of the molecule is CC(OC(=O)O[C@@H](C)CO[N+](=O)[O-])OC(=O)C1=Cc2cc(Cl)cc(Cl)c2OC1C(F)(F)F. The molecule has 176 valence electrons. The topological polar surface area (TPSA) is 123 Å². The van der Waals surface area contributed by atoms with Crippen LogP contribution in [0, 0.1) is 10.1 Å². The zero-order chi connectivity index (χ0) is 24.2. The van der Waals surface area contributed by atoms with Gasteiger partial charge in [-0.25, -0.2) is 9.59 Å².